The van der Waals surface area contributed by atoms with Gasteiger partial charge in [0.25, 0.3) is 0 Å². The van der Waals surface area contributed by atoms with E-state index < -0.39 is 0 Å². The Kier molecular flexibility index (Phi) is 4.26. The maximum Gasteiger partial charge on any atom is 0.315 e. The zero-order valence-electron chi connectivity index (χ0n) is 13.2. The van der Waals surface area contributed by atoms with Gasteiger partial charge in [0.1, 0.15) is 6.33 Å². The van der Waals surface area contributed by atoms with E-state index >= 15 is 0 Å². The fraction of sp³-hybridized carbons (Fsp3) is 0.438. The number of benzene rings is 1. The molecule has 2 amide bonds. The van der Waals surface area contributed by atoms with Crippen molar-refractivity contribution in [3.8, 4) is 0 Å². The number of urea groups is 1. The first-order chi connectivity index (χ1) is 11.0. The highest BCUT2D eigenvalue weighted by Gasteiger charge is 2.44. The molecule has 7 heteroatoms. The summed E-state index contributed by atoms with van der Waals surface area (Å²) in [6.45, 7) is 2.50. The van der Waals surface area contributed by atoms with E-state index in [9.17, 15) is 4.79 Å². The molecule has 6 nitrogen and oxygen atoms in total. The van der Waals surface area contributed by atoms with Crippen molar-refractivity contribution < 1.29 is 4.79 Å². The van der Waals surface area contributed by atoms with Crippen LogP contribution in [0, 0.1) is 0 Å². The van der Waals surface area contributed by atoms with Gasteiger partial charge in [-0.3, -0.25) is 0 Å². The molecule has 1 atom stereocenters. The van der Waals surface area contributed by atoms with Crippen LogP contribution < -0.4 is 10.6 Å². The van der Waals surface area contributed by atoms with Gasteiger partial charge in [-0.15, -0.1) is 10.2 Å². The quantitative estimate of drug-likeness (QED) is 0.883. The molecule has 1 aromatic carbocycles. The number of carbonyl (C=O) groups excluding carboxylic acids is 1. The van der Waals surface area contributed by atoms with E-state index in [0.717, 1.165) is 23.7 Å². The number of nitrogens with zero attached hydrogens (tertiary/aromatic N) is 3. The Hall–Kier alpha value is -2.08. The lowest BCUT2D eigenvalue weighted by Crippen LogP contribution is -2.41. The lowest BCUT2D eigenvalue weighted by Gasteiger charge is -2.19. The van der Waals surface area contributed by atoms with Crippen molar-refractivity contribution in [3.63, 3.8) is 0 Å². The van der Waals surface area contributed by atoms with Crippen molar-refractivity contribution >= 4 is 17.6 Å². The Morgan fingerprint density at radius 2 is 2.09 bits per heavy atom. The molecular weight excluding hydrogens is 314 g/mol. The minimum atomic E-state index is -0.201. The third kappa shape index (κ3) is 3.47. The molecule has 1 aliphatic rings. The molecule has 122 valence electrons. The van der Waals surface area contributed by atoms with E-state index in [2.05, 4.69) is 20.8 Å². The van der Waals surface area contributed by atoms with Gasteiger partial charge in [-0.25, -0.2) is 4.79 Å². The standard InChI is InChI=1S/C16H20ClN5O/c1-11(14-21-19-10-22(14)2)20-15(23)18-9-16(7-8-16)12-3-5-13(17)6-4-12/h3-6,10-11H,7-9H2,1-2H3,(H2,18,20,23)/t11-/m0/s1. The van der Waals surface area contributed by atoms with Crippen LogP contribution in [0.25, 0.3) is 0 Å². The Balaban J connectivity index is 1.55. The highest BCUT2D eigenvalue weighted by Crippen LogP contribution is 2.47. The van der Waals surface area contributed by atoms with Gasteiger partial charge in [-0.2, -0.15) is 0 Å². The largest absolute Gasteiger partial charge is 0.337 e. The molecule has 1 heterocycles. The Bertz CT molecular complexity index is 693. The fourth-order valence-corrected chi connectivity index (χ4v) is 2.89. The molecule has 0 spiro atoms. The maximum atomic E-state index is 12.1. The zero-order valence-corrected chi connectivity index (χ0v) is 14.0. The van der Waals surface area contributed by atoms with Crippen LogP contribution in [0.5, 0.6) is 0 Å². The van der Waals surface area contributed by atoms with Crippen molar-refractivity contribution in [1.29, 1.82) is 0 Å². The second-order valence-electron chi connectivity index (χ2n) is 6.14. The van der Waals surface area contributed by atoms with E-state index in [1.165, 1.54) is 5.56 Å². The summed E-state index contributed by atoms with van der Waals surface area (Å²) in [4.78, 5) is 12.1. The third-order valence-electron chi connectivity index (χ3n) is 4.38. The summed E-state index contributed by atoms with van der Waals surface area (Å²) in [5.41, 5.74) is 1.28. The molecule has 23 heavy (non-hydrogen) atoms. The molecule has 0 bridgehead atoms. The molecule has 2 N–H and O–H groups in total. The van der Waals surface area contributed by atoms with Crippen molar-refractivity contribution in [2.45, 2.75) is 31.2 Å². The first kappa shape index (κ1) is 15.8. The van der Waals surface area contributed by atoms with Crippen molar-refractivity contribution in [3.05, 3.63) is 47.0 Å². The first-order valence-electron chi connectivity index (χ1n) is 7.64. The summed E-state index contributed by atoms with van der Waals surface area (Å²) < 4.78 is 1.79. The monoisotopic (exact) mass is 333 g/mol. The molecular formula is C16H20ClN5O. The number of nitrogens with one attached hydrogen (secondary N) is 2. The summed E-state index contributed by atoms with van der Waals surface area (Å²) in [5, 5.41) is 14.4. The van der Waals surface area contributed by atoms with Gasteiger partial charge in [0.15, 0.2) is 5.82 Å². The van der Waals surface area contributed by atoms with Crippen LogP contribution in [0.4, 0.5) is 4.79 Å². The number of halogens is 1. The summed E-state index contributed by atoms with van der Waals surface area (Å²) in [6, 6.07) is 7.48. The SMILES string of the molecule is C[C@H](NC(=O)NCC1(c2ccc(Cl)cc2)CC1)c1nncn1C. The number of aryl methyl sites for hydroxylation is 1. The lowest BCUT2D eigenvalue weighted by molar-refractivity contribution is 0.236. The van der Waals surface area contributed by atoms with Gasteiger partial charge in [-0.1, -0.05) is 23.7 Å². The molecule has 1 saturated carbocycles. The normalized spacial score (nSPS) is 16.7. The summed E-state index contributed by atoms with van der Waals surface area (Å²) in [6.07, 6.45) is 3.77. The van der Waals surface area contributed by atoms with Gasteiger partial charge >= 0.3 is 6.03 Å². The molecule has 2 aromatic rings. The highest BCUT2D eigenvalue weighted by atomic mass is 35.5. The zero-order chi connectivity index (χ0) is 16.4. The van der Waals surface area contributed by atoms with Crippen LogP contribution in [0.3, 0.4) is 0 Å². The average Bonchev–Trinajstić information content (AvgIpc) is 3.20. The first-order valence-corrected chi connectivity index (χ1v) is 8.02. The Labute approximate surface area is 140 Å². The van der Waals surface area contributed by atoms with Crippen LogP contribution in [0.2, 0.25) is 5.02 Å². The number of carbonyl (C=O) groups is 1. The van der Waals surface area contributed by atoms with E-state index in [4.69, 9.17) is 11.6 Å². The number of hydrogen-bond donors (Lipinski definition) is 2. The Morgan fingerprint density at radius 1 is 1.39 bits per heavy atom. The van der Waals surface area contributed by atoms with Crippen LogP contribution in [0.1, 0.15) is 37.2 Å². The summed E-state index contributed by atoms with van der Waals surface area (Å²) in [5.74, 6) is 0.721. The third-order valence-corrected chi connectivity index (χ3v) is 4.63. The lowest BCUT2D eigenvalue weighted by atomic mass is 9.96. The van der Waals surface area contributed by atoms with E-state index in [1.807, 2.05) is 38.2 Å². The second kappa shape index (κ2) is 6.20. The molecule has 0 radical (unpaired) electrons. The van der Waals surface area contributed by atoms with Crippen LogP contribution in [0.15, 0.2) is 30.6 Å². The van der Waals surface area contributed by atoms with Gasteiger partial charge in [0.2, 0.25) is 0 Å². The molecule has 1 aliphatic carbocycles. The number of rotatable bonds is 5. The predicted molar refractivity (Wildman–Crippen MR) is 88.3 cm³/mol. The molecule has 1 fully saturated rings. The van der Waals surface area contributed by atoms with Crippen LogP contribution >= 0.6 is 11.6 Å². The van der Waals surface area contributed by atoms with E-state index in [1.54, 1.807) is 10.9 Å². The molecule has 0 saturated heterocycles. The fourth-order valence-electron chi connectivity index (χ4n) is 2.77. The van der Waals surface area contributed by atoms with Crippen LogP contribution in [-0.4, -0.2) is 27.3 Å². The van der Waals surface area contributed by atoms with Gasteiger partial charge in [0, 0.05) is 24.0 Å². The number of aromatic nitrogens is 3. The molecule has 0 unspecified atom stereocenters. The van der Waals surface area contributed by atoms with Crippen molar-refractivity contribution in [1.82, 2.24) is 25.4 Å². The highest BCUT2D eigenvalue weighted by molar-refractivity contribution is 6.30. The maximum absolute atomic E-state index is 12.1. The van der Waals surface area contributed by atoms with Crippen molar-refractivity contribution in [2.75, 3.05) is 6.54 Å². The minimum Gasteiger partial charge on any atom is -0.337 e. The number of hydrogen-bond acceptors (Lipinski definition) is 3. The second-order valence-corrected chi connectivity index (χ2v) is 6.57. The predicted octanol–water partition coefficient (Wildman–Crippen LogP) is 2.56. The van der Waals surface area contributed by atoms with Gasteiger partial charge < -0.3 is 15.2 Å². The average molecular weight is 334 g/mol. The molecule has 1 aromatic heterocycles. The van der Waals surface area contributed by atoms with E-state index in [0.29, 0.717) is 6.54 Å². The minimum absolute atomic E-state index is 0.0515. The van der Waals surface area contributed by atoms with Crippen molar-refractivity contribution in [2.24, 2.45) is 7.05 Å². The summed E-state index contributed by atoms with van der Waals surface area (Å²) in [7, 11) is 1.85. The van der Waals surface area contributed by atoms with Gasteiger partial charge in [-0.05, 0) is 37.5 Å². The topological polar surface area (TPSA) is 71.8 Å². The Morgan fingerprint density at radius 3 is 2.65 bits per heavy atom. The summed E-state index contributed by atoms with van der Waals surface area (Å²) >= 11 is 5.94. The molecule has 0 aliphatic heterocycles. The smallest absolute Gasteiger partial charge is 0.315 e. The van der Waals surface area contributed by atoms with Crippen LogP contribution in [-0.2, 0) is 12.5 Å². The number of amides is 2. The molecule has 3 rings (SSSR count). The van der Waals surface area contributed by atoms with Gasteiger partial charge in [0.05, 0.1) is 6.04 Å². The van der Waals surface area contributed by atoms with E-state index in [-0.39, 0.29) is 17.5 Å².